The highest BCUT2D eigenvalue weighted by Gasteiger charge is 2.37. The Balaban J connectivity index is 2.65. The van der Waals surface area contributed by atoms with Crippen molar-refractivity contribution >= 4 is 11.9 Å². The topological polar surface area (TPSA) is 104 Å². The van der Waals surface area contributed by atoms with E-state index in [0.29, 0.717) is 13.0 Å². The highest BCUT2D eigenvalue weighted by Crippen LogP contribution is 2.07. The third-order valence-electron chi connectivity index (χ3n) is 3.12. The van der Waals surface area contributed by atoms with Crippen LogP contribution in [-0.4, -0.2) is 35.7 Å². The van der Waals surface area contributed by atoms with Crippen LogP contribution in [0.25, 0.3) is 0 Å². The second kappa shape index (κ2) is 7.62. The number of carboxylic acids is 1. The lowest BCUT2D eigenvalue weighted by molar-refractivity contribution is -0.149. The van der Waals surface area contributed by atoms with E-state index in [2.05, 4.69) is 10.6 Å². The van der Waals surface area contributed by atoms with E-state index in [-0.39, 0.29) is 13.0 Å². The van der Waals surface area contributed by atoms with Crippen LogP contribution in [0, 0.1) is 0 Å². The Morgan fingerprint density at radius 1 is 1.30 bits per heavy atom. The van der Waals surface area contributed by atoms with Gasteiger partial charge in [-0.05, 0) is 18.4 Å². The molecule has 6 nitrogen and oxygen atoms in total. The Hall–Kier alpha value is -1.92. The van der Waals surface area contributed by atoms with E-state index < -0.39 is 17.5 Å². The summed E-state index contributed by atoms with van der Waals surface area (Å²) in [5.41, 5.74) is 4.85. The first-order chi connectivity index (χ1) is 9.54. The van der Waals surface area contributed by atoms with Crippen molar-refractivity contribution in [2.24, 2.45) is 5.73 Å². The van der Waals surface area contributed by atoms with Crippen molar-refractivity contribution in [1.29, 1.82) is 0 Å². The molecule has 0 aliphatic carbocycles. The molecule has 20 heavy (non-hydrogen) atoms. The van der Waals surface area contributed by atoms with Gasteiger partial charge in [0.25, 0.3) is 0 Å². The van der Waals surface area contributed by atoms with Crippen LogP contribution in [0.1, 0.15) is 18.9 Å². The van der Waals surface area contributed by atoms with Gasteiger partial charge in [0.1, 0.15) is 0 Å². The van der Waals surface area contributed by atoms with Gasteiger partial charge in [0.05, 0.1) is 6.54 Å². The molecule has 0 saturated heterocycles. The molecule has 1 aromatic rings. The number of benzene rings is 1. The second-order valence-corrected chi connectivity index (χ2v) is 4.48. The number of nitrogens with one attached hydrogen (secondary N) is 2. The average Bonchev–Trinajstić information content (AvgIpc) is 2.46. The summed E-state index contributed by atoms with van der Waals surface area (Å²) in [5.74, 6) is -1.61. The van der Waals surface area contributed by atoms with Crippen LogP contribution in [0.4, 0.5) is 0 Å². The van der Waals surface area contributed by atoms with Crippen molar-refractivity contribution in [3.8, 4) is 0 Å². The molecule has 0 radical (unpaired) electrons. The number of hydrogen-bond donors (Lipinski definition) is 4. The van der Waals surface area contributed by atoms with Crippen LogP contribution < -0.4 is 16.4 Å². The summed E-state index contributed by atoms with van der Waals surface area (Å²) in [7, 11) is 0. The first-order valence-electron chi connectivity index (χ1n) is 6.57. The van der Waals surface area contributed by atoms with Crippen molar-refractivity contribution in [2.75, 3.05) is 13.1 Å². The van der Waals surface area contributed by atoms with E-state index in [9.17, 15) is 14.7 Å². The fraction of sp³-hybridized carbons (Fsp3) is 0.429. The molecule has 0 aromatic heterocycles. The quantitative estimate of drug-likeness (QED) is 0.505. The molecule has 0 bridgehead atoms. The molecule has 1 amide bonds. The number of carbonyl (C=O) groups is 2. The van der Waals surface area contributed by atoms with Crippen LogP contribution >= 0.6 is 0 Å². The molecule has 1 aromatic carbocycles. The minimum atomic E-state index is -1.47. The lowest BCUT2D eigenvalue weighted by Gasteiger charge is -2.30. The Morgan fingerprint density at radius 3 is 2.45 bits per heavy atom. The normalized spacial score (nSPS) is 13.5. The maximum atomic E-state index is 11.4. The van der Waals surface area contributed by atoms with Crippen LogP contribution in [-0.2, 0) is 16.0 Å². The molecular formula is C14H21N3O3. The van der Waals surface area contributed by atoms with Gasteiger partial charge in [0, 0.05) is 6.54 Å². The van der Waals surface area contributed by atoms with E-state index in [0.717, 1.165) is 5.56 Å². The van der Waals surface area contributed by atoms with Gasteiger partial charge < -0.3 is 16.2 Å². The predicted octanol–water partition coefficient (Wildman–Crippen LogP) is 0.0845. The van der Waals surface area contributed by atoms with Gasteiger partial charge >= 0.3 is 5.97 Å². The number of nitrogens with two attached hydrogens (primary N) is 1. The largest absolute Gasteiger partial charge is 0.478 e. The molecule has 0 aliphatic heterocycles. The highest BCUT2D eigenvalue weighted by atomic mass is 16.4. The summed E-state index contributed by atoms with van der Waals surface area (Å²) in [6, 6.07) is 9.71. The molecule has 0 saturated carbocycles. The number of carbonyl (C=O) groups excluding carboxylic acids is 1. The van der Waals surface area contributed by atoms with Gasteiger partial charge in [-0.3, -0.25) is 10.1 Å². The summed E-state index contributed by atoms with van der Waals surface area (Å²) in [6.07, 6.45) is 0.900. The third-order valence-corrected chi connectivity index (χ3v) is 3.12. The lowest BCUT2D eigenvalue weighted by Crippen LogP contribution is -2.64. The summed E-state index contributed by atoms with van der Waals surface area (Å²) in [6.45, 7) is 1.89. The highest BCUT2D eigenvalue weighted by molar-refractivity contribution is 5.87. The second-order valence-electron chi connectivity index (χ2n) is 4.48. The lowest BCUT2D eigenvalue weighted by atomic mass is 10.1. The van der Waals surface area contributed by atoms with Crippen LogP contribution in [0.3, 0.4) is 0 Å². The van der Waals surface area contributed by atoms with Crippen LogP contribution in [0.5, 0.6) is 0 Å². The van der Waals surface area contributed by atoms with E-state index >= 15 is 0 Å². The SMILES string of the molecule is CCC(NCCc1ccccc1)(NC(=O)CN)C(=O)O. The zero-order valence-electron chi connectivity index (χ0n) is 11.6. The molecule has 1 unspecified atom stereocenters. The summed E-state index contributed by atoms with van der Waals surface area (Å²) in [5, 5.41) is 14.7. The minimum Gasteiger partial charge on any atom is -0.478 e. The Morgan fingerprint density at radius 2 is 1.95 bits per heavy atom. The number of hydrogen-bond acceptors (Lipinski definition) is 4. The van der Waals surface area contributed by atoms with Crippen molar-refractivity contribution in [2.45, 2.75) is 25.4 Å². The van der Waals surface area contributed by atoms with E-state index in [1.807, 2.05) is 30.3 Å². The van der Waals surface area contributed by atoms with Crippen molar-refractivity contribution in [3.05, 3.63) is 35.9 Å². The molecule has 1 rings (SSSR count). The summed E-state index contributed by atoms with van der Waals surface area (Å²) >= 11 is 0. The Kier molecular flexibility index (Phi) is 6.14. The third kappa shape index (κ3) is 4.32. The average molecular weight is 279 g/mol. The van der Waals surface area contributed by atoms with Gasteiger partial charge in [0.15, 0.2) is 5.66 Å². The number of rotatable bonds is 8. The van der Waals surface area contributed by atoms with Gasteiger partial charge in [-0.2, -0.15) is 0 Å². The fourth-order valence-corrected chi connectivity index (χ4v) is 1.89. The zero-order valence-corrected chi connectivity index (χ0v) is 11.6. The molecule has 0 fully saturated rings. The van der Waals surface area contributed by atoms with Crippen LogP contribution in [0.15, 0.2) is 30.3 Å². The van der Waals surface area contributed by atoms with Gasteiger partial charge in [-0.15, -0.1) is 0 Å². The molecule has 6 heteroatoms. The first-order valence-corrected chi connectivity index (χ1v) is 6.57. The van der Waals surface area contributed by atoms with Crippen molar-refractivity contribution in [3.63, 3.8) is 0 Å². The monoisotopic (exact) mass is 279 g/mol. The maximum Gasteiger partial charge on any atom is 0.344 e. The Bertz CT molecular complexity index is 450. The maximum absolute atomic E-state index is 11.4. The molecular weight excluding hydrogens is 258 g/mol. The number of aliphatic carboxylic acids is 1. The summed E-state index contributed by atoms with van der Waals surface area (Å²) in [4.78, 5) is 22.8. The summed E-state index contributed by atoms with van der Waals surface area (Å²) < 4.78 is 0. The van der Waals surface area contributed by atoms with Gasteiger partial charge in [-0.25, -0.2) is 4.79 Å². The zero-order chi connectivity index (χ0) is 15.0. The fourth-order valence-electron chi connectivity index (χ4n) is 1.89. The van der Waals surface area contributed by atoms with E-state index in [1.165, 1.54) is 0 Å². The molecule has 0 heterocycles. The van der Waals surface area contributed by atoms with E-state index in [1.54, 1.807) is 6.92 Å². The van der Waals surface area contributed by atoms with Gasteiger partial charge in [0.2, 0.25) is 5.91 Å². The standard InChI is InChI=1S/C14H21N3O3/c1-2-14(13(19)20,17-12(18)10-15)16-9-8-11-6-4-3-5-7-11/h3-7,16H,2,8-10,15H2,1H3,(H,17,18)(H,19,20). The van der Waals surface area contributed by atoms with Crippen molar-refractivity contribution < 1.29 is 14.7 Å². The van der Waals surface area contributed by atoms with Crippen molar-refractivity contribution in [1.82, 2.24) is 10.6 Å². The smallest absolute Gasteiger partial charge is 0.344 e. The minimum absolute atomic E-state index is 0.225. The Labute approximate surface area is 118 Å². The molecule has 5 N–H and O–H groups in total. The first kappa shape index (κ1) is 16.1. The van der Waals surface area contributed by atoms with Crippen LogP contribution in [0.2, 0.25) is 0 Å². The molecule has 0 spiro atoms. The molecule has 110 valence electrons. The number of carboxylic acid groups (broad SMARTS) is 1. The van der Waals surface area contributed by atoms with Gasteiger partial charge in [-0.1, -0.05) is 37.3 Å². The predicted molar refractivity (Wildman–Crippen MR) is 76.0 cm³/mol. The van der Waals surface area contributed by atoms with E-state index in [4.69, 9.17) is 5.73 Å². The molecule has 1 atom stereocenters. The molecule has 0 aliphatic rings. The number of amides is 1.